The van der Waals surface area contributed by atoms with Gasteiger partial charge < -0.3 is 5.11 Å². The normalized spacial score (nSPS) is 10.9. The number of carbonyl (C=O) groups is 1. The van der Waals surface area contributed by atoms with E-state index in [2.05, 4.69) is 15.5 Å². The predicted octanol–water partition coefficient (Wildman–Crippen LogP) is 4.85. The first kappa shape index (κ1) is 19.8. The monoisotopic (exact) mass is 431 g/mol. The summed E-state index contributed by atoms with van der Waals surface area (Å²) < 4.78 is 0. The van der Waals surface area contributed by atoms with Gasteiger partial charge in [0.15, 0.2) is 0 Å². The number of hydrogen-bond acceptors (Lipinski definition) is 5. The van der Waals surface area contributed by atoms with E-state index in [1.165, 1.54) is 11.3 Å². The van der Waals surface area contributed by atoms with Crippen LogP contribution in [0.15, 0.2) is 65.8 Å². The minimum atomic E-state index is -0.878. The van der Waals surface area contributed by atoms with Crippen molar-refractivity contribution in [1.29, 1.82) is 0 Å². The van der Waals surface area contributed by atoms with E-state index in [-0.39, 0.29) is 23.4 Å². The second kappa shape index (κ2) is 9.26. The van der Waals surface area contributed by atoms with E-state index in [9.17, 15) is 4.79 Å². The van der Waals surface area contributed by atoms with E-state index in [4.69, 9.17) is 5.11 Å². The van der Waals surface area contributed by atoms with Crippen molar-refractivity contribution in [2.75, 3.05) is 5.43 Å². The number of anilines is 1. The van der Waals surface area contributed by atoms with E-state index >= 15 is 0 Å². The van der Waals surface area contributed by atoms with Crippen LogP contribution in [0.2, 0.25) is 0 Å². The summed E-state index contributed by atoms with van der Waals surface area (Å²) in [7, 11) is 0. The smallest absolute Gasteiger partial charge is 0.308 e. The van der Waals surface area contributed by atoms with Gasteiger partial charge in [0.25, 0.3) is 0 Å². The summed E-state index contributed by atoms with van der Waals surface area (Å²) in [5.74, 6) is -0.878. The number of thiazole rings is 1. The van der Waals surface area contributed by atoms with E-state index in [0.29, 0.717) is 15.7 Å². The topological polar surface area (TPSA) is 74.6 Å². The Bertz CT molecular complexity index is 896. The molecule has 0 atom stereocenters. The van der Waals surface area contributed by atoms with Gasteiger partial charge in [-0.1, -0.05) is 72.0 Å². The van der Waals surface area contributed by atoms with Crippen molar-refractivity contribution in [3.63, 3.8) is 0 Å². The van der Waals surface area contributed by atoms with Crippen LogP contribution in [0.25, 0.3) is 11.3 Å². The molecule has 0 saturated heterocycles. The molecule has 0 saturated carbocycles. The van der Waals surface area contributed by atoms with E-state index in [0.717, 1.165) is 16.8 Å². The Morgan fingerprint density at radius 2 is 1.73 bits per heavy atom. The highest BCUT2D eigenvalue weighted by molar-refractivity contribution is 8.93. The van der Waals surface area contributed by atoms with Gasteiger partial charge in [0.1, 0.15) is 0 Å². The highest BCUT2D eigenvalue weighted by Gasteiger charge is 2.15. The molecule has 0 unspecified atom stereocenters. The first-order chi connectivity index (χ1) is 12.1. The predicted molar refractivity (Wildman–Crippen MR) is 111 cm³/mol. The van der Waals surface area contributed by atoms with Crippen LogP contribution in [-0.2, 0) is 11.2 Å². The fourth-order valence-corrected chi connectivity index (χ4v) is 3.27. The summed E-state index contributed by atoms with van der Waals surface area (Å²) >= 11 is 1.31. The number of hydrazone groups is 1. The van der Waals surface area contributed by atoms with Crippen LogP contribution >= 0.6 is 28.3 Å². The number of carboxylic acids is 1. The highest BCUT2D eigenvalue weighted by Crippen LogP contribution is 2.31. The van der Waals surface area contributed by atoms with Crippen molar-refractivity contribution >= 4 is 45.1 Å². The van der Waals surface area contributed by atoms with Gasteiger partial charge in [0.2, 0.25) is 5.13 Å². The number of nitrogens with one attached hydrogen (secondary N) is 1. The fourth-order valence-electron chi connectivity index (χ4n) is 2.35. The lowest BCUT2D eigenvalue weighted by atomic mass is 10.1. The number of carboxylic acid groups (broad SMARTS) is 1. The van der Waals surface area contributed by atoms with E-state index in [1.807, 2.05) is 67.6 Å². The maximum absolute atomic E-state index is 11.1. The minimum Gasteiger partial charge on any atom is -0.481 e. The molecule has 134 valence electrons. The molecular weight excluding hydrogens is 414 g/mol. The average molecular weight is 432 g/mol. The molecule has 2 N–H and O–H groups in total. The van der Waals surface area contributed by atoms with Crippen molar-refractivity contribution in [2.24, 2.45) is 5.10 Å². The number of nitrogens with zero attached hydrogens (tertiary/aromatic N) is 2. The third-order valence-corrected chi connectivity index (χ3v) is 4.53. The largest absolute Gasteiger partial charge is 0.481 e. The third kappa shape index (κ3) is 5.00. The Hall–Kier alpha value is -2.51. The molecule has 0 aliphatic heterocycles. The van der Waals surface area contributed by atoms with Crippen molar-refractivity contribution < 1.29 is 9.90 Å². The summed E-state index contributed by atoms with van der Waals surface area (Å²) in [6, 6.07) is 19.4. The molecule has 3 aromatic rings. The SMILES string of the molecule is Br.C/C(=N/Nc1nc(-c2ccccc2)c(CC(=O)O)s1)c1ccccc1. The van der Waals surface area contributed by atoms with Gasteiger partial charge >= 0.3 is 5.97 Å². The molecule has 0 radical (unpaired) electrons. The Kier molecular flexibility index (Phi) is 7.06. The van der Waals surface area contributed by atoms with E-state index in [1.54, 1.807) is 0 Å². The van der Waals surface area contributed by atoms with Crippen LogP contribution in [0.1, 0.15) is 17.4 Å². The number of rotatable bonds is 6. The molecule has 1 aromatic heterocycles. The van der Waals surface area contributed by atoms with Crippen LogP contribution < -0.4 is 5.43 Å². The van der Waals surface area contributed by atoms with Gasteiger partial charge in [-0.3, -0.25) is 10.2 Å². The van der Waals surface area contributed by atoms with Gasteiger partial charge in [-0.15, -0.1) is 17.0 Å². The molecule has 2 aromatic carbocycles. The zero-order valence-electron chi connectivity index (χ0n) is 14.0. The van der Waals surface area contributed by atoms with Crippen LogP contribution in [0.3, 0.4) is 0 Å². The highest BCUT2D eigenvalue weighted by atomic mass is 79.9. The second-order valence-corrected chi connectivity index (χ2v) is 6.49. The van der Waals surface area contributed by atoms with Crippen molar-refractivity contribution in [3.05, 3.63) is 71.1 Å². The van der Waals surface area contributed by atoms with Crippen LogP contribution in [0, 0.1) is 0 Å². The second-order valence-electron chi connectivity index (χ2n) is 5.40. The summed E-state index contributed by atoms with van der Waals surface area (Å²) in [5.41, 5.74) is 6.37. The summed E-state index contributed by atoms with van der Waals surface area (Å²) in [6.45, 7) is 1.91. The molecule has 5 nitrogen and oxygen atoms in total. The molecule has 0 bridgehead atoms. The molecular formula is C19H18BrN3O2S. The first-order valence-electron chi connectivity index (χ1n) is 7.76. The minimum absolute atomic E-state index is 0. The van der Waals surface area contributed by atoms with Crippen molar-refractivity contribution in [2.45, 2.75) is 13.3 Å². The molecule has 0 spiro atoms. The molecule has 0 fully saturated rings. The third-order valence-electron chi connectivity index (χ3n) is 3.57. The maximum atomic E-state index is 11.1. The molecule has 7 heteroatoms. The lowest BCUT2D eigenvalue weighted by Gasteiger charge is -2.00. The Morgan fingerprint density at radius 3 is 2.35 bits per heavy atom. The lowest BCUT2D eigenvalue weighted by Crippen LogP contribution is -1.99. The molecule has 0 aliphatic carbocycles. The summed E-state index contributed by atoms with van der Waals surface area (Å²) in [4.78, 5) is 16.4. The quantitative estimate of drug-likeness (QED) is 0.431. The molecule has 3 rings (SSSR count). The first-order valence-corrected chi connectivity index (χ1v) is 8.58. The van der Waals surface area contributed by atoms with Crippen molar-refractivity contribution in [3.8, 4) is 11.3 Å². The Labute approximate surface area is 166 Å². The van der Waals surface area contributed by atoms with Gasteiger partial charge in [0.05, 0.1) is 17.8 Å². The molecule has 0 aliphatic rings. The molecule has 26 heavy (non-hydrogen) atoms. The standard InChI is InChI=1S/C19H17N3O2S.BrH/c1-13(14-8-4-2-5-9-14)21-22-19-20-18(15-10-6-3-7-11-15)16(25-19)12-17(23)24;/h2-11H,12H2,1H3,(H,20,22)(H,23,24);1H/b21-13-;. The fraction of sp³-hybridized carbons (Fsp3) is 0.105. The average Bonchev–Trinajstić information content (AvgIpc) is 3.03. The van der Waals surface area contributed by atoms with Gasteiger partial charge in [0, 0.05) is 10.4 Å². The van der Waals surface area contributed by atoms with Crippen LogP contribution in [0.4, 0.5) is 5.13 Å². The maximum Gasteiger partial charge on any atom is 0.308 e. The molecule has 1 heterocycles. The zero-order valence-corrected chi connectivity index (χ0v) is 16.6. The molecule has 0 amide bonds. The van der Waals surface area contributed by atoms with Gasteiger partial charge in [-0.2, -0.15) is 5.10 Å². The number of aliphatic carboxylic acids is 1. The Balaban J connectivity index is 0.00000243. The van der Waals surface area contributed by atoms with Crippen molar-refractivity contribution in [1.82, 2.24) is 4.98 Å². The Morgan fingerprint density at radius 1 is 1.12 bits per heavy atom. The van der Waals surface area contributed by atoms with Crippen LogP contribution in [-0.4, -0.2) is 21.8 Å². The zero-order chi connectivity index (χ0) is 17.6. The summed E-state index contributed by atoms with van der Waals surface area (Å²) in [5, 5.41) is 14.1. The number of aromatic nitrogens is 1. The van der Waals surface area contributed by atoms with E-state index < -0.39 is 5.97 Å². The number of halogens is 1. The lowest BCUT2D eigenvalue weighted by molar-refractivity contribution is -0.136. The number of hydrogen-bond donors (Lipinski definition) is 2. The van der Waals surface area contributed by atoms with Crippen LogP contribution in [0.5, 0.6) is 0 Å². The van der Waals surface area contributed by atoms with Gasteiger partial charge in [-0.05, 0) is 12.5 Å². The summed E-state index contributed by atoms with van der Waals surface area (Å²) in [6.07, 6.45) is -0.0645. The van der Waals surface area contributed by atoms with Gasteiger partial charge in [-0.25, -0.2) is 4.98 Å². The number of benzene rings is 2.